The molecule has 0 radical (unpaired) electrons. The van der Waals surface area contributed by atoms with E-state index in [4.69, 9.17) is 15.2 Å². The lowest BCUT2D eigenvalue weighted by Gasteiger charge is -2.32. The van der Waals surface area contributed by atoms with Crippen molar-refractivity contribution in [2.45, 2.75) is 19.4 Å². The number of imidazole rings is 1. The van der Waals surface area contributed by atoms with Gasteiger partial charge in [-0.15, -0.1) is 0 Å². The zero-order valence-corrected chi connectivity index (χ0v) is 19.2. The van der Waals surface area contributed by atoms with Gasteiger partial charge in [-0.1, -0.05) is 0 Å². The van der Waals surface area contributed by atoms with Crippen LogP contribution in [0.15, 0.2) is 47.4 Å². The standard InChI is InChI=1S/C24H25F2N5O4/c1-14-3-4-31-20(10-17-13-30(5-6-35-17)24(33)34-2)23(29-21(31)7-14)22-18(25)8-15(9-19(22)26)28-12-16(32)11-27/h3-4,7-9,11-12,17,32H,5-6,10,13,27H2,1-2H3. The molecule has 35 heavy (non-hydrogen) atoms. The number of hydrogen-bond donors (Lipinski definition) is 2. The van der Waals surface area contributed by atoms with Crippen molar-refractivity contribution in [3.63, 3.8) is 0 Å². The second kappa shape index (κ2) is 10.1. The number of aromatic nitrogens is 2. The third-order valence-corrected chi connectivity index (χ3v) is 5.65. The molecule has 3 heterocycles. The predicted octanol–water partition coefficient (Wildman–Crippen LogP) is 3.66. The first-order valence-electron chi connectivity index (χ1n) is 10.9. The number of pyridine rings is 1. The van der Waals surface area contributed by atoms with E-state index >= 15 is 8.78 Å². The number of halogens is 2. The van der Waals surface area contributed by atoms with Crippen molar-refractivity contribution in [1.29, 1.82) is 0 Å². The molecule has 1 amide bonds. The van der Waals surface area contributed by atoms with Crippen LogP contribution in [0.2, 0.25) is 0 Å². The average Bonchev–Trinajstić information content (AvgIpc) is 3.18. The number of aryl methyl sites for hydroxylation is 1. The predicted molar refractivity (Wildman–Crippen MR) is 126 cm³/mol. The molecule has 4 rings (SSSR count). The van der Waals surface area contributed by atoms with Gasteiger partial charge in [-0.25, -0.2) is 18.6 Å². The Bertz CT molecular complexity index is 1300. The first-order valence-corrected chi connectivity index (χ1v) is 10.9. The number of amides is 1. The lowest BCUT2D eigenvalue weighted by Crippen LogP contribution is -2.46. The van der Waals surface area contributed by atoms with E-state index in [9.17, 15) is 9.90 Å². The summed E-state index contributed by atoms with van der Waals surface area (Å²) in [6.07, 6.45) is 3.04. The minimum absolute atomic E-state index is 0.0392. The lowest BCUT2D eigenvalue weighted by atomic mass is 10.0. The van der Waals surface area contributed by atoms with E-state index in [2.05, 4.69) is 9.98 Å². The van der Waals surface area contributed by atoms with Crippen LogP contribution in [0.4, 0.5) is 19.3 Å². The molecule has 1 aliphatic heterocycles. The molecule has 11 heteroatoms. The first kappa shape index (κ1) is 24.1. The van der Waals surface area contributed by atoms with E-state index < -0.39 is 23.8 Å². The van der Waals surface area contributed by atoms with E-state index in [0.29, 0.717) is 24.5 Å². The highest BCUT2D eigenvalue weighted by Gasteiger charge is 2.29. The lowest BCUT2D eigenvalue weighted by molar-refractivity contribution is -0.0241. The summed E-state index contributed by atoms with van der Waals surface area (Å²) in [5.74, 6) is -2.08. The number of hydrogen-bond acceptors (Lipinski definition) is 7. The Balaban J connectivity index is 1.76. The van der Waals surface area contributed by atoms with Gasteiger partial charge >= 0.3 is 6.09 Å². The van der Waals surface area contributed by atoms with Crippen molar-refractivity contribution in [2.24, 2.45) is 10.7 Å². The SMILES string of the molecule is COC(=O)N1CCOC(Cc2c(-c3c(F)cc(N=CC(O)=CN)cc3F)nc3cc(C)ccn23)C1. The fraction of sp³-hybridized carbons (Fsp3) is 0.292. The summed E-state index contributed by atoms with van der Waals surface area (Å²) >= 11 is 0. The van der Waals surface area contributed by atoms with Crippen LogP contribution in [0.5, 0.6) is 0 Å². The molecule has 3 N–H and O–H groups in total. The second-order valence-electron chi connectivity index (χ2n) is 8.09. The largest absolute Gasteiger partial charge is 0.505 e. The molecule has 0 bridgehead atoms. The summed E-state index contributed by atoms with van der Waals surface area (Å²) in [4.78, 5) is 21.9. The summed E-state index contributed by atoms with van der Waals surface area (Å²) in [5.41, 5.74) is 6.95. The van der Waals surface area contributed by atoms with Crippen LogP contribution in [0.25, 0.3) is 16.9 Å². The van der Waals surface area contributed by atoms with Crippen LogP contribution in [0.3, 0.4) is 0 Å². The highest BCUT2D eigenvalue weighted by molar-refractivity contribution is 5.78. The third-order valence-electron chi connectivity index (χ3n) is 5.65. The Morgan fingerprint density at radius 2 is 2.11 bits per heavy atom. The Morgan fingerprint density at radius 1 is 1.37 bits per heavy atom. The number of rotatable bonds is 5. The van der Waals surface area contributed by atoms with Gasteiger partial charge in [0.2, 0.25) is 0 Å². The second-order valence-corrected chi connectivity index (χ2v) is 8.09. The fourth-order valence-electron chi connectivity index (χ4n) is 3.99. The molecule has 1 atom stereocenters. The molecule has 1 aromatic carbocycles. The van der Waals surface area contributed by atoms with Crippen LogP contribution in [0, 0.1) is 18.6 Å². The minimum Gasteiger partial charge on any atom is -0.505 e. The van der Waals surface area contributed by atoms with E-state index in [1.807, 2.05) is 19.1 Å². The molecule has 3 aromatic rings. The third kappa shape index (κ3) is 5.09. The Hall–Kier alpha value is -3.99. The highest BCUT2D eigenvalue weighted by Crippen LogP contribution is 2.33. The van der Waals surface area contributed by atoms with Crippen molar-refractivity contribution < 1.29 is 28.2 Å². The number of fused-ring (bicyclic) bond motifs is 1. The summed E-state index contributed by atoms with van der Waals surface area (Å²) in [7, 11) is 1.31. The highest BCUT2D eigenvalue weighted by atomic mass is 19.1. The summed E-state index contributed by atoms with van der Waals surface area (Å²) in [5, 5.41) is 9.40. The van der Waals surface area contributed by atoms with Crippen LogP contribution in [0.1, 0.15) is 11.3 Å². The average molecular weight is 485 g/mol. The molecule has 0 saturated carbocycles. The van der Waals surface area contributed by atoms with Gasteiger partial charge in [0.1, 0.15) is 23.0 Å². The Morgan fingerprint density at radius 3 is 2.80 bits per heavy atom. The zero-order valence-electron chi connectivity index (χ0n) is 19.2. The van der Waals surface area contributed by atoms with Gasteiger partial charge < -0.3 is 29.6 Å². The number of methoxy groups -OCH3 is 1. The molecular formula is C24H25F2N5O4. The number of nitrogens with zero attached hydrogens (tertiary/aromatic N) is 4. The van der Waals surface area contributed by atoms with Crippen molar-refractivity contribution in [3.05, 3.63) is 65.3 Å². The summed E-state index contributed by atoms with van der Waals surface area (Å²) in [6.45, 7) is 2.86. The van der Waals surface area contributed by atoms with Crippen LogP contribution in [-0.4, -0.2) is 64.6 Å². The van der Waals surface area contributed by atoms with Gasteiger partial charge in [-0.3, -0.25) is 4.99 Å². The van der Waals surface area contributed by atoms with E-state index in [-0.39, 0.29) is 35.7 Å². The van der Waals surface area contributed by atoms with E-state index in [1.54, 1.807) is 10.6 Å². The van der Waals surface area contributed by atoms with Crippen LogP contribution < -0.4 is 5.73 Å². The number of aliphatic imine (C=N–C) groups is 1. The molecule has 0 spiro atoms. The van der Waals surface area contributed by atoms with Crippen molar-refractivity contribution >= 4 is 23.6 Å². The zero-order chi connectivity index (χ0) is 25.1. The molecule has 9 nitrogen and oxygen atoms in total. The smallest absolute Gasteiger partial charge is 0.409 e. The molecule has 0 aliphatic carbocycles. The first-order chi connectivity index (χ1) is 16.8. The molecule has 184 valence electrons. The fourth-order valence-corrected chi connectivity index (χ4v) is 3.99. The van der Waals surface area contributed by atoms with Gasteiger partial charge in [0.25, 0.3) is 0 Å². The Labute approximate surface area is 200 Å². The van der Waals surface area contributed by atoms with Gasteiger partial charge in [0, 0.05) is 37.5 Å². The number of aliphatic hydroxyl groups is 1. The number of morpholine rings is 1. The minimum atomic E-state index is -0.865. The summed E-state index contributed by atoms with van der Waals surface area (Å²) < 4.78 is 42.9. The quantitative estimate of drug-likeness (QED) is 0.421. The van der Waals surface area contributed by atoms with Crippen LogP contribution >= 0.6 is 0 Å². The summed E-state index contributed by atoms with van der Waals surface area (Å²) in [6, 6.07) is 5.78. The van der Waals surface area contributed by atoms with Crippen molar-refractivity contribution in [2.75, 3.05) is 26.8 Å². The molecule has 1 aliphatic rings. The van der Waals surface area contributed by atoms with E-state index in [0.717, 1.165) is 30.1 Å². The molecular weight excluding hydrogens is 460 g/mol. The maximum atomic E-state index is 15.2. The van der Waals surface area contributed by atoms with Crippen molar-refractivity contribution in [1.82, 2.24) is 14.3 Å². The normalized spacial score (nSPS) is 16.9. The van der Waals surface area contributed by atoms with Gasteiger partial charge in [0.05, 0.1) is 55.2 Å². The number of aliphatic hydroxyl groups excluding tert-OH is 1. The number of carbonyl (C=O) groups is 1. The van der Waals surface area contributed by atoms with Crippen LogP contribution in [-0.2, 0) is 15.9 Å². The molecule has 1 unspecified atom stereocenters. The van der Waals surface area contributed by atoms with Gasteiger partial charge in [-0.05, 0) is 24.6 Å². The molecule has 1 fully saturated rings. The monoisotopic (exact) mass is 485 g/mol. The Kier molecular flexibility index (Phi) is 6.97. The van der Waals surface area contributed by atoms with Crippen molar-refractivity contribution in [3.8, 4) is 11.3 Å². The molecule has 1 saturated heterocycles. The van der Waals surface area contributed by atoms with Gasteiger partial charge in [-0.2, -0.15) is 0 Å². The van der Waals surface area contributed by atoms with E-state index in [1.165, 1.54) is 12.0 Å². The molecule has 2 aromatic heterocycles. The maximum Gasteiger partial charge on any atom is 0.409 e. The number of ether oxygens (including phenoxy) is 2. The number of nitrogens with two attached hydrogens (primary N) is 1. The number of benzene rings is 1. The van der Waals surface area contributed by atoms with Gasteiger partial charge in [0.15, 0.2) is 0 Å². The maximum absolute atomic E-state index is 15.2. The number of allylic oxidation sites excluding steroid dienone is 1. The number of carbonyl (C=O) groups excluding carboxylic acids is 1. The topological polar surface area (TPSA) is 115 Å².